The molecule has 1 unspecified atom stereocenters. The van der Waals surface area contributed by atoms with Crippen molar-refractivity contribution < 1.29 is 4.39 Å². The summed E-state index contributed by atoms with van der Waals surface area (Å²) >= 11 is 0. The van der Waals surface area contributed by atoms with Crippen LogP contribution in [0.3, 0.4) is 0 Å². The standard InChI is InChI=1S/C13H14FN3/c14-10-4-3-7-17(8-10)13-11-5-1-2-6-12(11)15-9-16-13/h1-2,5-6,9-10H,3-4,7-8H2. The lowest BCUT2D eigenvalue weighted by atomic mass is 10.1. The molecule has 0 radical (unpaired) electrons. The van der Waals surface area contributed by atoms with Gasteiger partial charge in [-0.2, -0.15) is 0 Å². The summed E-state index contributed by atoms with van der Waals surface area (Å²) in [6.45, 7) is 1.32. The Labute approximate surface area is 99.3 Å². The van der Waals surface area contributed by atoms with E-state index in [1.54, 1.807) is 6.33 Å². The molecule has 1 aliphatic rings. The molecule has 2 aromatic rings. The molecule has 1 fully saturated rings. The Morgan fingerprint density at radius 1 is 1.24 bits per heavy atom. The predicted molar refractivity (Wildman–Crippen MR) is 65.9 cm³/mol. The molecule has 4 heteroatoms. The van der Waals surface area contributed by atoms with Gasteiger partial charge in [-0.1, -0.05) is 12.1 Å². The van der Waals surface area contributed by atoms with Crippen molar-refractivity contribution in [1.82, 2.24) is 9.97 Å². The Kier molecular flexibility index (Phi) is 2.63. The van der Waals surface area contributed by atoms with Crippen LogP contribution >= 0.6 is 0 Å². The van der Waals surface area contributed by atoms with Crippen molar-refractivity contribution in [2.24, 2.45) is 0 Å². The zero-order valence-electron chi connectivity index (χ0n) is 9.51. The summed E-state index contributed by atoms with van der Waals surface area (Å²) in [5.74, 6) is 0.859. The zero-order chi connectivity index (χ0) is 11.7. The van der Waals surface area contributed by atoms with E-state index in [-0.39, 0.29) is 0 Å². The third-order valence-electron chi connectivity index (χ3n) is 3.19. The van der Waals surface area contributed by atoms with Crippen molar-refractivity contribution in [3.63, 3.8) is 0 Å². The van der Waals surface area contributed by atoms with Crippen LogP contribution in [0.2, 0.25) is 0 Å². The van der Waals surface area contributed by atoms with E-state index in [9.17, 15) is 4.39 Å². The molecule has 0 amide bonds. The Hall–Kier alpha value is -1.71. The molecule has 0 spiro atoms. The van der Waals surface area contributed by atoms with Crippen LogP contribution in [0.5, 0.6) is 0 Å². The first-order chi connectivity index (χ1) is 8.34. The van der Waals surface area contributed by atoms with Crippen LogP contribution in [0.1, 0.15) is 12.8 Å². The zero-order valence-corrected chi connectivity index (χ0v) is 9.51. The summed E-state index contributed by atoms with van der Waals surface area (Å²) < 4.78 is 13.4. The lowest BCUT2D eigenvalue weighted by Gasteiger charge is -2.30. The lowest BCUT2D eigenvalue weighted by molar-refractivity contribution is 0.286. The van der Waals surface area contributed by atoms with Gasteiger partial charge in [0.15, 0.2) is 0 Å². The second-order valence-electron chi connectivity index (χ2n) is 4.40. The van der Waals surface area contributed by atoms with Crippen LogP contribution in [-0.2, 0) is 0 Å². The normalized spacial score (nSPS) is 20.8. The van der Waals surface area contributed by atoms with Gasteiger partial charge < -0.3 is 4.90 Å². The maximum absolute atomic E-state index is 13.4. The van der Waals surface area contributed by atoms with Gasteiger partial charge in [-0.3, -0.25) is 0 Å². The minimum absolute atomic E-state index is 0.445. The van der Waals surface area contributed by atoms with Gasteiger partial charge in [0.2, 0.25) is 0 Å². The number of aromatic nitrogens is 2. The smallest absolute Gasteiger partial charge is 0.139 e. The first-order valence-corrected chi connectivity index (χ1v) is 5.93. The van der Waals surface area contributed by atoms with Crippen molar-refractivity contribution in [2.75, 3.05) is 18.0 Å². The van der Waals surface area contributed by atoms with Crippen molar-refractivity contribution >= 4 is 16.7 Å². The summed E-state index contributed by atoms with van der Waals surface area (Å²) in [5, 5.41) is 1.00. The monoisotopic (exact) mass is 231 g/mol. The topological polar surface area (TPSA) is 29.0 Å². The highest BCUT2D eigenvalue weighted by atomic mass is 19.1. The summed E-state index contributed by atoms with van der Waals surface area (Å²) in [7, 11) is 0. The largest absolute Gasteiger partial charge is 0.353 e. The molecule has 1 saturated heterocycles. The maximum atomic E-state index is 13.4. The number of hydrogen-bond acceptors (Lipinski definition) is 3. The van der Waals surface area contributed by atoms with Crippen molar-refractivity contribution in [3.8, 4) is 0 Å². The highest BCUT2D eigenvalue weighted by molar-refractivity contribution is 5.89. The molecule has 2 heterocycles. The molecule has 1 aromatic heterocycles. The fourth-order valence-electron chi connectivity index (χ4n) is 2.36. The summed E-state index contributed by atoms with van der Waals surface area (Å²) in [6, 6.07) is 7.86. The molecule has 3 rings (SSSR count). The van der Waals surface area contributed by atoms with Crippen LogP contribution in [0, 0.1) is 0 Å². The average molecular weight is 231 g/mol. The second-order valence-corrected chi connectivity index (χ2v) is 4.40. The van der Waals surface area contributed by atoms with E-state index >= 15 is 0 Å². The van der Waals surface area contributed by atoms with Gasteiger partial charge in [0.05, 0.1) is 12.1 Å². The fourth-order valence-corrected chi connectivity index (χ4v) is 2.36. The van der Waals surface area contributed by atoms with Gasteiger partial charge in [0.1, 0.15) is 18.3 Å². The van der Waals surface area contributed by atoms with Crippen LogP contribution in [0.25, 0.3) is 10.9 Å². The third kappa shape index (κ3) is 1.95. The van der Waals surface area contributed by atoms with Crippen LogP contribution in [0.15, 0.2) is 30.6 Å². The molecular formula is C13H14FN3. The van der Waals surface area contributed by atoms with Crippen LogP contribution in [-0.4, -0.2) is 29.2 Å². The third-order valence-corrected chi connectivity index (χ3v) is 3.19. The number of anilines is 1. The highest BCUT2D eigenvalue weighted by Crippen LogP contribution is 2.25. The molecule has 1 atom stereocenters. The van der Waals surface area contributed by atoms with E-state index in [1.807, 2.05) is 29.2 Å². The maximum Gasteiger partial charge on any atom is 0.139 e. The van der Waals surface area contributed by atoms with Gasteiger partial charge >= 0.3 is 0 Å². The minimum Gasteiger partial charge on any atom is -0.353 e. The number of halogens is 1. The van der Waals surface area contributed by atoms with E-state index < -0.39 is 6.17 Å². The second kappa shape index (κ2) is 4.28. The molecule has 1 aliphatic heterocycles. The number of alkyl halides is 1. The van der Waals surface area contributed by atoms with E-state index in [4.69, 9.17) is 0 Å². The molecule has 3 nitrogen and oxygen atoms in total. The Morgan fingerprint density at radius 2 is 2.12 bits per heavy atom. The first kappa shape index (κ1) is 10.4. The molecule has 0 aliphatic carbocycles. The number of hydrogen-bond donors (Lipinski definition) is 0. The molecule has 88 valence electrons. The Morgan fingerprint density at radius 3 is 3.00 bits per heavy atom. The molecular weight excluding hydrogens is 217 g/mol. The van der Waals surface area contributed by atoms with Gasteiger partial charge in [0, 0.05) is 11.9 Å². The van der Waals surface area contributed by atoms with E-state index in [0.717, 1.165) is 29.7 Å². The number of nitrogens with zero attached hydrogens (tertiary/aromatic N) is 3. The average Bonchev–Trinajstić information content (AvgIpc) is 2.38. The molecule has 0 N–H and O–H groups in total. The molecule has 17 heavy (non-hydrogen) atoms. The van der Waals surface area contributed by atoms with Crippen molar-refractivity contribution in [2.45, 2.75) is 19.0 Å². The van der Waals surface area contributed by atoms with Gasteiger partial charge in [-0.15, -0.1) is 0 Å². The van der Waals surface area contributed by atoms with E-state index in [2.05, 4.69) is 9.97 Å². The van der Waals surface area contributed by atoms with Gasteiger partial charge in [-0.05, 0) is 25.0 Å². The Balaban J connectivity index is 2.04. The number of piperidine rings is 1. The first-order valence-electron chi connectivity index (χ1n) is 5.93. The van der Waals surface area contributed by atoms with Crippen molar-refractivity contribution in [1.29, 1.82) is 0 Å². The number of para-hydroxylation sites is 1. The summed E-state index contributed by atoms with van der Waals surface area (Å²) in [6.07, 6.45) is 2.37. The Bertz CT molecular complexity index is 524. The quantitative estimate of drug-likeness (QED) is 0.755. The molecule has 0 saturated carbocycles. The van der Waals surface area contributed by atoms with Crippen molar-refractivity contribution in [3.05, 3.63) is 30.6 Å². The minimum atomic E-state index is -0.738. The molecule has 0 bridgehead atoms. The summed E-state index contributed by atoms with van der Waals surface area (Å²) in [4.78, 5) is 10.6. The number of benzene rings is 1. The van der Waals surface area contributed by atoms with Crippen LogP contribution < -0.4 is 4.90 Å². The lowest BCUT2D eigenvalue weighted by Crippen LogP contribution is -2.37. The number of fused-ring (bicyclic) bond motifs is 1. The number of rotatable bonds is 1. The van der Waals surface area contributed by atoms with Gasteiger partial charge in [0.25, 0.3) is 0 Å². The van der Waals surface area contributed by atoms with E-state index in [0.29, 0.717) is 13.0 Å². The molecule has 1 aromatic carbocycles. The van der Waals surface area contributed by atoms with Crippen LogP contribution in [0.4, 0.5) is 10.2 Å². The SMILES string of the molecule is FC1CCCN(c2ncnc3ccccc23)C1. The highest BCUT2D eigenvalue weighted by Gasteiger charge is 2.21. The fraction of sp³-hybridized carbons (Fsp3) is 0.385. The van der Waals surface area contributed by atoms with Gasteiger partial charge in [-0.25, -0.2) is 14.4 Å². The van der Waals surface area contributed by atoms with E-state index in [1.165, 1.54) is 0 Å². The summed E-state index contributed by atoms with van der Waals surface area (Å²) in [5.41, 5.74) is 0.915. The predicted octanol–water partition coefficient (Wildman–Crippen LogP) is 2.57.